The molecule has 142 valence electrons. The number of nitrogens with zero attached hydrogens (tertiary/aromatic N) is 2. The van der Waals surface area contributed by atoms with Crippen LogP contribution in [0.3, 0.4) is 0 Å². The quantitative estimate of drug-likeness (QED) is 0.748. The molecule has 0 radical (unpaired) electrons. The normalized spacial score (nSPS) is 17.0. The lowest BCUT2D eigenvalue weighted by atomic mass is 10.0. The zero-order chi connectivity index (χ0) is 19.0. The maximum Gasteiger partial charge on any atom is 0.0605 e. The molecule has 0 bridgehead atoms. The Balaban J connectivity index is 1.33. The van der Waals surface area contributed by atoms with Crippen LogP contribution in [0.4, 0.5) is 0 Å². The van der Waals surface area contributed by atoms with Gasteiger partial charge >= 0.3 is 0 Å². The molecule has 0 spiro atoms. The zero-order valence-corrected chi connectivity index (χ0v) is 16.6. The molecule has 0 atom stereocenters. The van der Waals surface area contributed by atoms with Crippen LogP contribution in [0.5, 0.6) is 0 Å². The van der Waals surface area contributed by atoms with Crippen LogP contribution in [-0.4, -0.2) is 49.1 Å². The van der Waals surface area contributed by atoms with Crippen LogP contribution in [-0.2, 0) is 0 Å². The summed E-state index contributed by atoms with van der Waals surface area (Å²) < 4.78 is 0. The lowest BCUT2D eigenvalue weighted by molar-refractivity contribution is 0.383. The number of rotatable bonds is 3. The molecule has 0 N–H and O–H groups in total. The molecular formula is C26H28N2. The summed E-state index contributed by atoms with van der Waals surface area (Å²) >= 11 is 0. The van der Waals surface area contributed by atoms with Gasteiger partial charge in [0.05, 0.1) is 13.1 Å². The second-order valence-electron chi connectivity index (χ2n) is 7.72. The predicted octanol–water partition coefficient (Wildman–Crippen LogP) is 4.25. The fourth-order valence-electron chi connectivity index (χ4n) is 3.88. The molecule has 4 rings (SSSR count). The SMILES string of the molecule is C(#Cc1ccc(-c2ccc(C#CCN3CCCC3)cc2)cc1)CN1CCCC1. The van der Waals surface area contributed by atoms with E-state index in [0.717, 1.165) is 24.2 Å². The van der Waals surface area contributed by atoms with E-state index in [2.05, 4.69) is 82.0 Å². The van der Waals surface area contributed by atoms with E-state index in [1.807, 2.05) is 0 Å². The van der Waals surface area contributed by atoms with Crippen molar-refractivity contribution in [2.45, 2.75) is 25.7 Å². The van der Waals surface area contributed by atoms with Crippen LogP contribution in [0.15, 0.2) is 48.5 Å². The van der Waals surface area contributed by atoms with E-state index in [9.17, 15) is 0 Å². The van der Waals surface area contributed by atoms with Crippen LogP contribution in [0.2, 0.25) is 0 Å². The molecular weight excluding hydrogens is 340 g/mol. The Hall–Kier alpha value is -2.52. The first-order valence-electron chi connectivity index (χ1n) is 10.5. The van der Waals surface area contributed by atoms with Gasteiger partial charge in [0.15, 0.2) is 0 Å². The molecule has 28 heavy (non-hydrogen) atoms. The smallest absolute Gasteiger partial charge is 0.0605 e. The van der Waals surface area contributed by atoms with E-state index >= 15 is 0 Å². The van der Waals surface area contributed by atoms with Crippen molar-refractivity contribution in [1.82, 2.24) is 9.80 Å². The molecule has 0 aromatic heterocycles. The van der Waals surface area contributed by atoms with Gasteiger partial charge in [-0.3, -0.25) is 9.80 Å². The van der Waals surface area contributed by atoms with Crippen molar-refractivity contribution in [2.24, 2.45) is 0 Å². The largest absolute Gasteiger partial charge is 0.292 e. The Morgan fingerprint density at radius 3 is 1.25 bits per heavy atom. The zero-order valence-electron chi connectivity index (χ0n) is 16.6. The van der Waals surface area contributed by atoms with Gasteiger partial charge in [-0.25, -0.2) is 0 Å². The molecule has 0 saturated carbocycles. The van der Waals surface area contributed by atoms with Gasteiger partial charge in [-0.15, -0.1) is 0 Å². The van der Waals surface area contributed by atoms with E-state index in [1.165, 1.54) is 63.0 Å². The van der Waals surface area contributed by atoms with E-state index in [0.29, 0.717) is 0 Å². The Kier molecular flexibility index (Phi) is 6.46. The van der Waals surface area contributed by atoms with Gasteiger partial charge in [0.1, 0.15) is 0 Å². The first kappa shape index (κ1) is 18.8. The van der Waals surface area contributed by atoms with Gasteiger partial charge in [0.2, 0.25) is 0 Å². The summed E-state index contributed by atoms with van der Waals surface area (Å²) in [6, 6.07) is 17.1. The summed E-state index contributed by atoms with van der Waals surface area (Å²) in [5.41, 5.74) is 4.63. The first-order valence-corrected chi connectivity index (χ1v) is 10.5. The molecule has 2 heterocycles. The highest BCUT2D eigenvalue weighted by atomic mass is 15.1. The molecule has 0 unspecified atom stereocenters. The number of hydrogen-bond donors (Lipinski definition) is 0. The summed E-state index contributed by atoms with van der Waals surface area (Å²) in [7, 11) is 0. The highest BCUT2D eigenvalue weighted by Crippen LogP contribution is 2.20. The number of benzene rings is 2. The molecule has 2 aliphatic rings. The van der Waals surface area contributed by atoms with Crippen LogP contribution >= 0.6 is 0 Å². The maximum atomic E-state index is 3.31. The highest BCUT2D eigenvalue weighted by molar-refractivity contribution is 5.65. The second-order valence-corrected chi connectivity index (χ2v) is 7.72. The Bertz CT molecular complexity index is 798. The summed E-state index contributed by atoms with van der Waals surface area (Å²) in [5, 5.41) is 0. The van der Waals surface area contributed by atoms with E-state index in [-0.39, 0.29) is 0 Å². The molecule has 0 aliphatic carbocycles. The van der Waals surface area contributed by atoms with Crippen molar-refractivity contribution in [3.05, 3.63) is 59.7 Å². The maximum absolute atomic E-state index is 3.31. The Labute approximate surface area is 169 Å². The first-order chi connectivity index (χ1) is 13.9. The monoisotopic (exact) mass is 368 g/mol. The Morgan fingerprint density at radius 1 is 0.536 bits per heavy atom. The van der Waals surface area contributed by atoms with Crippen LogP contribution in [0, 0.1) is 23.7 Å². The summed E-state index contributed by atoms with van der Waals surface area (Å²) in [6.07, 6.45) is 5.27. The lowest BCUT2D eigenvalue weighted by Gasteiger charge is -2.08. The molecule has 2 aliphatic heterocycles. The molecule has 2 aromatic carbocycles. The molecule has 2 saturated heterocycles. The van der Waals surface area contributed by atoms with Gasteiger partial charge in [-0.1, -0.05) is 47.9 Å². The molecule has 2 fully saturated rings. The fraction of sp³-hybridized carbons (Fsp3) is 0.385. The van der Waals surface area contributed by atoms with Gasteiger partial charge in [0, 0.05) is 11.1 Å². The number of likely N-dealkylation sites (tertiary alicyclic amines) is 2. The van der Waals surface area contributed by atoms with Gasteiger partial charge in [-0.2, -0.15) is 0 Å². The van der Waals surface area contributed by atoms with E-state index in [1.54, 1.807) is 0 Å². The van der Waals surface area contributed by atoms with Crippen LogP contribution < -0.4 is 0 Å². The van der Waals surface area contributed by atoms with Crippen molar-refractivity contribution in [3.8, 4) is 34.8 Å². The molecule has 2 nitrogen and oxygen atoms in total. The lowest BCUT2D eigenvalue weighted by Crippen LogP contribution is -2.18. The third-order valence-electron chi connectivity index (χ3n) is 5.57. The van der Waals surface area contributed by atoms with Crippen molar-refractivity contribution in [1.29, 1.82) is 0 Å². The van der Waals surface area contributed by atoms with Crippen LogP contribution in [0.1, 0.15) is 36.8 Å². The molecule has 0 amide bonds. The van der Waals surface area contributed by atoms with E-state index < -0.39 is 0 Å². The third-order valence-corrected chi connectivity index (χ3v) is 5.57. The van der Waals surface area contributed by atoms with Crippen LogP contribution in [0.25, 0.3) is 11.1 Å². The third kappa shape index (κ3) is 5.26. The van der Waals surface area contributed by atoms with Gasteiger partial charge in [-0.05, 0) is 87.3 Å². The minimum atomic E-state index is 0.891. The molecule has 2 heteroatoms. The van der Waals surface area contributed by atoms with Crippen molar-refractivity contribution >= 4 is 0 Å². The van der Waals surface area contributed by atoms with Gasteiger partial charge in [0.25, 0.3) is 0 Å². The standard InChI is InChI=1S/C26H28N2/c1-2-18-27(17-1)21-5-7-23-9-13-25(14-10-23)26-15-11-24(12-16-26)8-6-22-28-19-3-4-20-28/h9-16H,1-4,17-22H2. The number of hydrogen-bond acceptors (Lipinski definition) is 2. The second kappa shape index (κ2) is 9.61. The predicted molar refractivity (Wildman–Crippen MR) is 117 cm³/mol. The average molecular weight is 369 g/mol. The van der Waals surface area contributed by atoms with Crippen molar-refractivity contribution < 1.29 is 0 Å². The van der Waals surface area contributed by atoms with Crippen molar-refractivity contribution in [3.63, 3.8) is 0 Å². The summed E-state index contributed by atoms with van der Waals surface area (Å²) in [4.78, 5) is 4.86. The van der Waals surface area contributed by atoms with Crippen molar-refractivity contribution in [2.75, 3.05) is 39.3 Å². The average Bonchev–Trinajstić information content (AvgIpc) is 3.44. The van der Waals surface area contributed by atoms with Gasteiger partial charge < -0.3 is 0 Å². The fourth-order valence-corrected chi connectivity index (χ4v) is 3.88. The highest BCUT2D eigenvalue weighted by Gasteiger charge is 2.09. The topological polar surface area (TPSA) is 6.48 Å². The van der Waals surface area contributed by atoms with E-state index in [4.69, 9.17) is 0 Å². The summed E-state index contributed by atoms with van der Waals surface area (Å²) in [5.74, 6) is 13.2. The Morgan fingerprint density at radius 2 is 0.893 bits per heavy atom. The minimum Gasteiger partial charge on any atom is -0.292 e. The molecule has 2 aromatic rings. The minimum absolute atomic E-state index is 0.891. The summed E-state index contributed by atoms with van der Waals surface area (Å²) in [6.45, 7) is 6.58.